The van der Waals surface area contributed by atoms with Crippen LogP contribution in [0.2, 0.25) is 0 Å². The minimum atomic E-state index is -0.842. The molecule has 0 aromatic heterocycles. The van der Waals surface area contributed by atoms with Crippen molar-refractivity contribution in [3.63, 3.8) is 0 Å². The molecule has 1 aliphatic rings. The summed E-state index contributed by atoms with van der Waals surface area (Å²) < 4.78 is 62.4. The van der Waals surface area contributed by atoms with Crippen LogP contribution in [0.3, 0.4) is 0 Å². The highest BCUT2D eigenvalue weighted by molar-refractivity contribution is 5.69. The van der Waals surface area contributed by atoms with Gasteiger partial charge in [-0.2, -0.15) is 0 Å². The van der Waals surface area contributed by atoms with Gasteiger partial charge in [-0.3, -0.25) is 0 Å². The summed E-state index contributed by atoms with van der Waals surface area (Å²) in [5.41, 5.74) is 0. The SMILES string of the molecule is COCCOCCOCCOCCOCCOCCOCCOCCOCCOC(=O)OC[C@@H]1CNC(=O)O1. The Balaban J connectivity index is 1.65. The molecule has 230 valence electrons. The van der Waals surface area contributed by atoms with Gasteiger partial charge in [-0.25, -0.2) is 9.59 Å². The lowest BCUT2D eigenvalue weighted by Gasteiger charge is -2.10. The minimum Gasteiger partial charge on any atom is -0.441 e. The van der Waals surface area contributed by atoms with E-state index in [-0.39, 0.29) is 19.8 Å². The topological polar surface area (TPSA) is 157 Å². The van der Waals surface area contributed by atoms with Gasteiger partial charge < -0.3 is 62.2 Å². The highest BCUT2D eigenvalue weighted by atomic mass is 16.7. The monoisotopic (exact) mass is 571 g/mol. The number of nitrogens with one attached hydrogen (secondary N) is 1. The quantitative estimate of drug-likeness (QED) is 0.0947. The Kier molecular flexibility index (Phi) is 25.0. The molecule has 1 rings (SSSR count). The lowest BCUT2D eigenvalue weighted by Crippen LogP contribution is -2.23. The first-order chi connectivity index (χ1) is 19.2. The molecule has 39 heavy (non-hydrogen) atoms. The molecule has 1 fully saturated rings. The van der Waals surface area contributed by atoms with Crippen molar-refractivity contribution in [1.82, 2.24) is 5.32 Å². The first-order valence-electron chi connectivity index (χ1n) is 13.1. The van der Waals surface area contributed by atoms with Crippen LogP contribution >= 0.6 is 0 Å². The van der Waals surface area contributed by atoms with Crippen molar-refractivity contribution in [2.24, 2.45) is 0 Å². The summed E-state index contributed by atoms with van der Waals surface area (Å²) in [6.45, 7) is 8.32. The molecule has 1 heterocycles. The molecule has 1 atom stereocenters. The van der Waals surface area contributed by atoms with E-state index in [0.717, 1.165) is 0 Å². The predicted molar refractivity (Wildman–Crippen MR) is 134 cm³/mol. The van der Waals surface area contributed by atoms with E-state index in [1.54, 1.807) is 7.11 Å². The third-order valence-corrected chi connectivity index (χ3v) is 4.62. The van der Waals surface area contributed by atoms with Gasteiger partial charge in [0.25, 0.3) is 0 Å². The van der Waals surface area contributed by atoms with E-state index < -0.39 is 18.4 Å². The van der Waals surface area contributed by atoms with Crippen molar-refractivity contribution in [2.75, 3.05) is 139 Å². The fourth-order valence-electron chi connectivity index (χ4n) is 2.70. The van der Waals surface area contributed by atoms with Crippen LogP contribution in [0.4, 0.5) is 9.59 Å². The molecular weight excluding hydrogens is 526 g/mol. The molecule has 1 amide bonds. The number of rotatable bonds is 29. The van der Waals surface area contributed by atoms with Gasteiger partial charge in [0.2, 0.25) is 0 Å². The van der Waals surface area contributed by atoms with Crippen molar-refractivity contribution in [3.05, 3.63) is 0 Å². The zero-order valence-corrected chi connectivity index (χ0v) is 22.9. The number of amides is 1. The van der Waals surface area contributed by atoms with Crippen LogP contribution in [-0.2, 0) is 56.8 Å². The van der Waals surface area contributed by atoms with Gasteiger partial charge in [-0.15, -0.1) is 0 Å². The molecular formula is C24H45NO14. The Morgan fingerprint density at radius 3 is 1.31 bits per heavy atom. The number of hydrogen-bond acceptors (Lipinski definition) is 14. The Bertz CT molecular complexity index is 571. The van der Waals surface area contributed by atoms with Gasteiger partial charge in [-0.1, -0.05) is 0 Å². The number of methoxy groups -OCH3 is 1. The second-order valence-electron chi connectivity index (χ2n) is 7.71. The lowest BCUT2D eigenvalue weighted by atomic mass is 10.4. The van der Waals surface area contributed by atoms with Crippen LogP contribution in [-0.4, -0.2) is 158 Å². The largest absolute Gasteiger partial charge is 0.508 e. The van der Waals surface area contributed by atoms with Crippen LogP contribution in [0.5, 0.6) is 0 Å². The molecule has 0 bridgehead atoms. The van der Waals surface area contributed by atoms with Crippen molar-refractivity contribution in [3.8, 4) is 0 Å². The van der Waals surface area contributed by atoms with E-state index in [1.165, 1.54) is 0 Å². The van der Waals surface area contributed by atoms with Crippen LogP contribution < -0.4 is 5.32 Å². The molecule has 15 nitrogen and oxygen atoms in total. The summed E-state index contributed by atoms with van der Waals surface area (Å²) in [6, 6.07) is 0. The second kappa shape index (κ2) is 27.7. The summed E-state index contributed by atoms with van der Waals surface area (Å²) in [5, 5.41) is 2.46. The van der Waals surface area contributed by atoms with E-state index in [2.05, 4.69) is 5.32 Å². The van der Waals surface area contributed by atoms with E-state index in [9.17, 15) is 9.59 Å². The number of carbonyl (C=O) groups is 2. The van der Waals surface area contributed by atoms with Gasteiger partial charge in [0.1, 0.15) is 13.2 Å². The number of hydrogen-bond donors (Lipinski definition) is 1. The number of alkyl carbamates (subject to hydrolysis) is 1. The van der Waals surface area contributed by atoms with Gasteiger partial charge >= 0.3 is 12.2 Å². The molecule has 0 aliphatic carbocycles. The highest BCUT2D eigenvalue weighted by Crippen LogP contribution is 2.01. The first kappa shape index (κ1) is 35.2. The standard InChI is InChI=1S/C24H45NO14/c1-28-2-3-29-4-5-30-6-7-31-8-9-32-10-11-33-12-13-34-14-15-35-16-17-36-18-19-37-24(27)38-21-22-20-25-23(26)39-22/h22H,2-21H2,1H3,(H,25,26)/t22-/m0/s1. The van der Waals surface area contributed by atoms with Crippen LogP contribution in [0.25, 0.3) is 0 Å². The van der Waals surface area contributed by atoms with E-state index in [0.29, 0.717) is 112 Å². The Labute approximate surface area is 229 Å². The summed E-state index contributed by atoms with van der Waals surface area (Å²) in [7, 11) is 1.64. The maximum absolute atomic E-state index is 11.4. The summed E-state index contributed by atoms with van der Waals surface area (Å²) in [5.74, 6) is 0. The predicted octanol–water partition coefficient (Wildman–Crippen LogP) is 0.0272. The first-order valence-corrected chi connectivity index (χ1v) is 13.1. The maximum atomic E-state index is 11.4. The summed E-state index contributed by atoms with van der Waals surface area (Å²) in [4.78, 5) is 22.2. The van der Waals surface area contributed by atoms with Gasteiger partial charge in [0, 0.05) is 7.11 Å². The normalized spacial score (nSPS) is 14.8. The van der Waals surface area contributed by atoms with Crippen molar-refractivity contribution < 1.29 is 66.4 Å². The third kappa shape index (κ3) is 24.9. The van der Waals surface area contributed by atoms with Crippen LogP contribution in [0, 0.1) is 0 Å². The Hall–Kier alpha value is -1.82. The van der Waals surface area contributed by atoms with Gasteiger partial charge in [-0.05, 0) is 0 Å². The summed E-state index contributed by atoms with van der Waals surface area (Å²) >= 11 is 0. The fraction of sp³-hybridized carbons (Fsp3) is 0.917. The number of ether oxygens (including phenoxy) is 12. The smallest absolute Gasteiger partial charge is 0.441 e. The molecule has 0 aromatic rings. The number of cyclic esters (lactones) is 1. The van der Waals surface area contributed by atoms with Crippen molar-refractivity contribution in [2.45, 2.75) is 6.10 Å². The van der Waals surface area contributed by atoms with Gasteiger partial charge in [0.15, 0.2) is 6.10 Å². The third-order valence-electron chi connectivity index (χ3n) is 4.62. The fourth-order valence-corrected chi connectivity index (χ4v) is 2.70. The molecule has 0 spiro atoms. The molecule has 0 radical (unpaired) electrons. The number of carbonyl (C=O) groups excluding carboxylic acids is 2. The van der Waals surface area contributed by atoms with Crippen LogP contribution in [0.1, 0.15) is 0 Å². The molecule has 1 saturated heterocycles. The average molecular weight is 572 g/mol. The van der Waals surface area contributed by atoms with Gasteiger partial charge in [0.05, 0.1) is 119 Å². The highest BCUT2D eigenvalue weighted by Gasteiger charge is 2.24. The van der Waals surface area contributed by atoms with Crippen molar-refractivity contribution >= 4 is 12.2 Å². The Morgan fingerprint density at radius 1 is 0.615 bits per heavy atom. The summed E-state index contributed by atoms with van der Waals surface area (Å²) in [6.07, 6.45) is -1.86. The molecule has 1 N–H and O–H groups in total. The zero-order valence-electron chi connectivity index (χ0n) is 22.9. The molecule has 1 aliphatic heterocycles. The van der Waals surface area contributed by atoms with E-state index in [1.807, 2.05) is 0 Å². The van der Waals surface area contributed by atoms with Crippen LogP contribution in [0.15, 0.2) is 0 Å². The van der Waals surface area contributed by atoms with E-state index in [4.69, 9.17) is 56.8 Å². The molecule has 15 heteroatoms. The average Bonchev–Trinajstić information content (AvgIpc) is 3.36. The lowest BCUT2D eigenvalue weighted by molar-refractivity contribution is -0.0262. The zero-order chi connectivity index (χ0) is 28.1. The maximum Gasteiger partial charge on any atom is 0.508 e. The molecule has 0 unspecified atom stereocenters. The molecule has 0 saturated carbocycles. The van der Waals surface area contributed by atoms with Crippen molar-refractivity contribution in [1.29, 1.82) is 0 Å². The van der Waals surface area contributed by atoms with E-state index >= 15 is 0 Å². The Morgan fingerprint density at radius 2 is 0.974 bits per heavy atom. The second-order valence-corrected chi connectivity index (χ2v) is 7.71. The minimum absolute atomic E-state index is 0.0476. The molecule has 0 aromatic carbocycles.